The number of hydrogen-bond donors (Lipinski definition) is 0. The van der Waals surface area contributed by atoms with Crippen LogP contribution in [0.5, 0.6) is 0 Å². The summed E-state index contributed by atoms with van der Waals surface area (Å²) in [6.07, 6.45) is 0. The second-order valence-electron chi connectivity index (χ2n) is 2.29. The van der Waals surface area contributed by atoms with Crippen LogP contribution in [0.2, 0.25) is 0 Å². The lowest BCUT2D eigenvalue weighted by Gasteiger charge is -1.85. The molecule has 0 unspecified atom stereocenters. The summed E-state index contributed by atoms with van der Waals surface area (Å²) in [5, 5.41) is 0. The zero-order valence-electron chi connectivity index (χ0n) is 6.99. The third-order valence-corrected chi connectivity index (χ3v) is 3.34. The summed E-state index contributed by atoms with van der Waals surface area (Å²) in [6, 6.07) is 6.02. The summed E-state index contributed by atoms with van der Waals surface area (Å²) in [5.41, 5.74) is 1.89. The van der Waals surface area contributed by atoms with E-state index in [9.17, 15) is 0 Å². The van der Waals surface area contributed by atoms with Crippen LogP contribution in [0.4, 0.5) is 0 Å². The molecule has 0 spiro atoms. The average Bonchev–Trinajstić information content (AvgIpc) is 2.53. The largest absolute Gasteiger partial charge is 1.00 e. The number of nitrogens with zero attached hydrogens (tertiary/aromatic N) is 1. The van der Waals surface area contributed by atoms with Crippen molar-refractivity contribution in [2.75, 3.05) is 6.61 Å². The summed E-state index contributed by atoms with van der Waals surface area (Å²) in [4.78, 5) is 1.20. The highest BCUT2D eigenvalue weighted by molar-refractivity contribution is 7.68. The maximum absolute atomic E-state index is 5.43. The van der Waals surface area contributed by atoms with Crippen LogP contribution in [0.3, 0.4) is 0 Å². The summed E-state index contributed by atoms with van der Waals surface area (Å²) in [6.45, 7) is 2.68. The predicted octanol–water partition coefficient (Wildman–Crippen LogP) is -0.771. The van der Waals surface area contributed by atoms with Gasteiger partial charge in [0, 0.05) is 23.5 Å². The number of hydrogen-bond acceptors (Lipinski definition) is 3. The highest BCUT2D eigenvalue weighted by Gasteiger charge is 2.13. The number of rotatable bonds is 1. The molecule has 0 atom stereocenters. The molecule has 2 rings (SSSR count). The van der Waals surface area contributed by atoms with E-state index in [1.807, 2.05) is 19.1 Å². The molecule has 1 aliphatic heterocycles. The molecule has 0 fully saturated rings. The minimum absolute atomic E-state index is 0. The molecular formula is C8H8ClNOS2. The fourth-order valence-electron chi connectivity index (χ4n) is 1.03. The first-order valence-electron chi connectivity index (χ1n) is 3.72. The molecule has 0 aromatic heterocycles. The van der Waals surface area contributed by atoms with Gasteiger partial charge < -0.3 is 12.4 Å². The van der Waals surface area contributed by atoms with Crippen LogP contribution < -0.4 is 17.8 Å². The number of benzene rings is 1. The van der Waals surface area contributed by atoms with E-state index in [0.717, 1.165) is 11.1 Å². The molecule has 0 aromatic carbocycles. The van der Waals surface area contributed by atoms with E-state index in [-0.39, 0.29) is 12.4 Å². The molecule has 0 bridgehead atoms. The fourth-order valence-corrected chi connectivity index (χ4v) is 2.80. The molecule has 0 amide bonds. The molecule has 0 saturated carbocycles. The van der Waals surface area contributed by atoms with Gasteiger partial charge >= 0.3 is 5.43 Å². The molecule has 0 saturated heterocycles. The first kappa shape index (κ1) is 10.6. The average molecular weight is 234 g/mol. The number of aromatic nitrogens is 1. The Hall–Kier alpha value is -0.450. The number of halogens is 1. The topological polar surface area (TPSA) is 24.2 Å². The maximum Gasteiger partial charge on any atom is 0.371 e. The van der Waals surface area contributed by atoms with Crippen LogP contribution in [-0.4, -0.2) is 11.0 Å². The summed E-state index contributed by atoms with van der Waals surface area (Å²) < 4.78 is 9.70. The van der Waals surface area contributed by atoms with Crippen LogP contribution in [0, 0.1) is 0 Å². The maximum atomic E-state index is 5.43. The van der Waals surface area contributed by atoms with Gasteiger partial charge in [-0.1, -0.05) is 16.4 Å². The molecule has 2 nitrogen and oxygen atoms in total. The van der Waals surface area contributed by atoms with Crippen LogP contribution in [-0.2, 0) is 0 Å². The van der Waals surface area contributed by atoms with Crippen LogP contribution >= 0.6 is 20.9 Å². The Kier molecular flexibility index (Phi) is 3.84. The molecular weight excluding hydrogens is 226 g/mol. The van der Waals surface area contributed by atoms with Crippen molar-refractivity contribution in [3.05, 3.63) is 28.1 Å². The third-order valence-electron chi connectivity index (χ3n) is 1.52. The second kappa shape index (κ2) is 4.69. The monoisotopic (exact) mass is 233 g/mol. The Morgan fingerprint density at radius 1 is 1.46 bits per heavy atom. The van der Waals surface area contributed by atoms with Crippen LogP contribution in [0.25, 0.3) is 10.6 Å². The normalized spacial score (nSPS) is 11.6. The van der Waals surface area contributed by atoms with Gasteiger partial charge in [-0.25, -0.2) is 0 Å². The standard InChI is InChI=1S/C8H8NOS2.ClH/c1-2-10-6-4-3-5-7-8(6)9-12-11-7;/h3-5H,2H2,1H3;1H/q+1;/p-1. The Morgan fingerprint density at radius 2 is 2.31 bits per heavy atom. The van der Waals surface area contributed by atoms with Crippen LogP contribution in [0.1, 0.15) is 6.92 Å². The van der Waals surface area contributed by atoms with Crippen molar-refractivity contribution in [1.29, 1.82) is 0 Å². The van der Waals surface area contributed by atoms with Crippen molar-refractivity contribution in [1.82, 2.24) is 4.37 Å². The minimum atomic E-state index is 0. The molecule has 1 heterocycles. The van der Waals surface area contributed by atoms with Crippen LogP contribution in [0.15, 0.2) is 22.6 Å². The van der Waals surface area contributed by atoms with Gasteiger partial charge in [0.2, 0.25) is 0 Å². The Labute approximate surface area is 89.9 Å². The Bertz CT molecular complexity index is 409. The highest BCUT2D eigenvalue weighted by Crippen LogP contribution is 2.24. The van der Waals surface area contributed by atoms with E-state index in [0.29, 0.717) is 6.61 Å². The van der Waals surface area contributed by atoms with Gasteiger partial charge in [-0.15, -0.1) is 0 Å². The highest BCUT2D eigenvalue weighted by atomic mass is 35.5. The zero-order valence-corrected chi connectivity index (χ0v) is 9.38. The molecule has 13 heavy (non-hydrogen) atoms. The van der Waals surface area contributed by atoms with Gasteiger partial charge in [0.05, 0.1) is 4.88 Å². The van der Waals surface area contributed by atoms with Gasteiger partial charge in [0.25, 0.3) is 6.61 Å². The van der Waals surface area contributed by atoms with Gasteiger partial charge in [-0.3, -0.25) is 4.42 Å². The molecule has 2 aliphatic rings. The van der Waals surface area contributed by atoms with Gasteiger partial charge in [-0.2, -0.15) is 4.37 Å². The number of fused-ring (bicyclic) bond motifs is 1. The summed E-state index contributed by atoms with van der Waals surface area (Å²) in [5.74, 6) is 0. The quantitative estimate of drug-likeness (QED) is 0.469. The molecule has 5 heteroatoms. The second-order valence-corrected chi connectivity index (χ2v) is 4.17. The minimum Gasteiger partial charge on any atom is -1.00 e. The van der Waals surface area contributed by atoms with E-state index in [4.69, 9.17) is 4.42 Å². The molecule has 0 radical (unpaired) electrons. The lowest BCUT2D eigenvalue weighted by molar-refractivity contribution is -0.00000237. The lowest BCUT2D eigenvalue weighted by Crippen LogP contribution is -3.00. The first-order chi connectivity index (χ1) is 5.92. The fraction of sp³-hybridized carbons (Fsp3) is 0.250. The Balaban J connectivity index is 0.000000845. The smallest absolute Gasteiger partial charge is 0.371 e. The third kappa shape index (κ3) is 2.07. The van der Waals surface area contributed by atoms with E-state index >= 15 is 0 Å². The Morgan fingerprint density at radius 3 is 3.08 bits per heavy atom. The first-order valence-corrected chi connectivity index (χ1v) is 5.83. The van der Waals surface area contributed by atoms with Crippen molar-refractivity contribution in [2.45, 2.75) is 6.92 Å². The van der Waals surface area contributed by atoms with Gasteiger partial charge in [-0.05, 0) is 6.07 Å². The van der Waals surface area contributed by atoms with E-state index < -0.39 is 0 Å². The van der Waals surface area contributed by atoms with E-state index in [1.165, 1.54) is 15.4 Å². The van der Waals surface area contributed by atoms with Crippen molar-refractivity contribution in [2.24, 2.45) is 0 Å². The molecule has 0 aromatic rings. The summed E-state index contributed by atoms with van der Waals surface area (Å²) in [7, 11) is 3.18. The van der Waals surface area contributed by atoms with Gasteiger partial charge in [0.1, 0.15) is 0 Å². The van der Waals surface area contributed by atoms with Crippen molar-refractivity contribution >= 4 is 20.9 Å². The van der Waals surface area contributed by atoms with E-state index in [2.05, 4.69) is 10.4 Å². The zero-order chi connectivity index (χ0) is 8.39. The molecule has 0 N–H and O–H groups in total. The van der Waals surface area contributed by atoms with Crippen molar-refractivity contribution in [3.63, 3.8) is 0 Å². The molecule has 1 aliphatic carbocycles. The van der Waals surface area contributed by atoms with Crippen molar-refractivity contribution in [3.8, 4) is 10.6 Å². The lowest BCUT2D eigenvalue weighted by atomic mass is 10.2. The molecule has 70 valence electrons. The SMILES string of the molecule is CC[O+]=c1cccc2ssnc1-2.[Cl-]. The van der Waals surface area contributed by atoms with Crippen molar-refractivity contribution < 1.29 is 12.4 Å². The van der Waals surface area contributed by atoms with E-state index in [1.54, 1.807) is 10.3 Å². The summed E-state index contributed by atoms with van der Waals surface area (Å²) >= 11 is 0. The van der Waals surface area contributed by atoms with Gasteiger partial charge in [0.15, 0.2) is 5.69 Å². The predicted molar refractivity (Wildman–Crippen MR) is 53.4 cm³/mol.